The quantitative estimate of drug-likeness (QED) is 0.608. The van der Waals surface area contributed by atoms with Crippen LogP contribution in [0.5, 0.6) is 0 Å². The highest BCUT2D eigenvalue weighted by molar-refractivity contribution is 5.77. The topological polar surface area (TPSA) is 65.3 Å². The van der Waals surface area contributed by atoms with Gasteiger partial charge >= 0.3 is 11.9 Å². The van der Waals surface area contributed by atoms with Crippen molar-refractivity contribution in [3.05, 3.63) is 70.1 Å². The minimum Gasteiger partial charge on any atom is -0.367 e. The molecule has 1 aromatic heterocycles. The Hall–Kier alpha value is -3.07. The molecule has 0 aliphatic carbocycles. The van der Waals surface area contributed by atoms with Crippen LogP contribution in [0.2, 0.25) is 0 Å². The lowest BCUT2D eigenvalue weighted by molar-refractivity contribution is -0.176. The van der Waals surface area contributed by atoms with Crippen LogP contribution in [0.4, 0.5) is 13.2 Å². The number of carbonyl (C=O) groups excluding carboxylic acids is 1. The van der Waals surface area contributed by atoms with Gasteiger partial charge in [-0.2, -0.15) is 13.2 Å². The van der Waals surface area contributed by atoms with Gasteiger partial charge in [-0.05, 0) is 23.3 Å². The highest BCUT2D eigenvalue weighted by Crippen LogP contribution is 2.16. The smallest absolute Gasteiger partial charge is 0.367 e. The molecule has 160 valence electrons. The van der Waals surface area contributed by atoms with Gasteiger partial charge in [0.2, 0.25) is 5.91 Å². The molecule has 3 aromatic rings. The fourth-order valence-electron chi connectivity index (χ4n) is 3.12. The van der Waals surface area contributed by atoms with Gasteiger partial charge in [-0.1, -0.05) is 36.4 Å². The van der Waals surface area contributed by atoms with Gasteiger partial charge in [0.15, 0.2) is 0 Å². The van der Waals surface area contributed by atoms with Crippen molar-refractivity contribution in [2.24, 2.45) is 7.05 Å². The molecule has 0 spiro atoms. The Morgan fingerprint density at radius 1 is 1.03 bits per heavy atom. The number of alkyl halides is 3. The summed E-state index contributed by atoms with van der Waals surface area (Å²) in [6, 6.07) is 14.2. The highest BCUT2D eigenvalue weighted by atomic mass is 19.4. The first-order valence-corrected chi connectivity index (χ1v) is 9.38. The number of hydrogen-bond acceptors (Lipinski definition) is 3. The second-order valence-electron chi connectivity index (χ2n) is 6.93. The van der Waals surface area contributed by atoms with E-state index in [2.05, 4.69) is 10.1 Å². The summed E-state index contributed by atoms with van der Waals surface area (Å²) in [6.45, 7) is -0.870. The molecule has 0 bridgehead atoms. The average Bonchev–Trinajstić information content (AvgIpc) is 2.95. The number of nitrogens with zero attached hydrogens (tertiary/aromatic N) is 2. The Kier molecular flexibility index (Phi) is 6.61. The molecule has 1 amide bonds. The summed E-state index contributed by atoms with van der Waals surface area (Å²) in [5, 5.41) is 2.78. The third-order valence-corrected chi connectivity index (χ3v) is 4.66. The number of aromatic nitrogens is 2. The first-order valence-electron chi connectivity index (χ1n) is 9.38. The molecular formula is C21H22F3N3O3. The second kappa shape index (κ2) is 9.17. The molecular weight excluding hydrogens is 399 g/mol. The second-order valence-corrected chi connectivity index (χ2v) is 6.93. The number of fused-ring (bicyclic) bond motifs is 1. The number of aryl methyl sites for hydroxylation is 2. The van der Waals surface area contributed by atoms with Crippen molar-refractivity contribution in [2.45, 2.75) is 32.3 Å². The number of ether oxygens (including phenoxy) is 1. The Morgan fingerprint density at radius 3 is 2.33 bits per heavy atom. The number of rotatable bonds is 8. The van der Waals surface area contributed by atoms with E-state index in [0.717, 1.165) is 16.6 Å². The van der Waals surface area contributed by atoms with Crippen molar-refractivity contribution in [1.82, 2.24) is 14.5 Å². The number of benzene rings is 2. The molecule has 0 unspecified atom stereocenters. The predicted octanol–water partition coefficient (Wildman–Crippen LogP) is 3.13. The number of para-hydroxylation sites is 2. The van der Waals surface area contributed by atoms with E-state index in [1.807, 2.05) is 24.3 Å². The lowest BCUT2D eigenvalue weighted by Gasteiger charge is -2.09. The third kappa shape index (κ3) is 5.50. The van der Waals surface area contributed by atoms with E-state index < -0.39 is 12.8 Å². The Balaban J connectivity index is 1.48. The maximum Gasteiger partial charge on any atom is 0.411 e. The summed E-state index contributed by atoms with van der Waals surface area (Å²) >= 11 is 0. The molecule has 1 heterocycles. The summed E-state index contributed by atoms with van der Waals surface area (Å²) < 4.78 is 44.0. The molecule has 0 radical (unpaired) electrons. The zero-order valence-corrected chi connectivity index (χ0v) is 16.4. The molecule has 1 N–H and O–H groups in total. The third-order valence-electron chi connectivity index (χ3n) is 4.66. The molecule has 2 aromatic carbocycles. The minimum absolute atomic E-state index is 0.133. The first-order chi connectivity index (χ1) is 14.2. The van der Waals surface area contributed by atoms with Crippen molar-refractivity contribution >= 4 is 16.9 Å². The van der Waals surface area contributed by atoms with Crippen molar-refractivity contribution in [3.8, 4) is 0 Å². The fraction of sp³-hybridized carbons (Fsp3) is 0.333. The molecule has 0 saturated heterocycles. The van der Waals surface area contributed by atoms with Crippen molar-refractivity contribution in [2.75, 3.05) is 6.61 Å². The molecule has 3 rings (SSSR count). The number of imidazole rings is 1. The normalized spacial score (nSPS) is 11.7. The summed E-state index contributed by atoms with van der Waals surface area (Å²) in [5.74, 6) is -0.201. The van der Waals surface area contributed by atoms with E-state index in [1.54, 1.807) is 40.4 Å². The zero-order valence-electron chi connectivity index (χ0n) is 16.4. The standard InChI is InChI=1S/C21H22F3N3O3/c1-26-17-4-2-3-5-18(17)27(20(26)29)11-10-19(28)25-12-15-6-8-16(9-7-15)13-30-14-21(22,23)24/h2-9H,10-14H2,1H3,(H,25,28). The lowest BCUT2D eigenvalue weighted by Crippen LogP contribution is -2.27. The summed E-state index contributed by atoms with van der Waals surface area (Å²) in [7, 11) is 1.69. The van der Waals surface area contributed by atoms with Gasteiger partial charge in [-0.15, -0.1) is 0 Å². The van der Waals surface area contributed by atoms with Crippen LogP contribution in [0.3, 0.4) is 0 Å². The maximum absolute atomic E-state index is 12.4. The van der Waals surface area contributed by atoms with Gasteiger partial charge < -0.3 is 10.1 Å². The van der Waals surface area contributed by atoms with E-state index in [9.17, 15) is 22.8 Å². The van der Waals surface area contributed by atoms with Gasteiger partial charge in [0.25, 0.3) is 0 Å². The Labute approximate surface area is 170 Å². The Morgan fingerprint density at radius 2 is 1.67 bits per heavy atom. The van der Waals surface area contributed by atoms with Crippen LogP contribution >= 0.6 is 0 Å². The van der Waals surface area contributed by atoms with Crippen LogP contribution in [-0.2, 0) is 36.3 Å². The summed E-state index contributed by atoms with van der Waals surface area (Å²) in [4.78, 5) is 24.5. The molecule has 9 heteroatoms. The number of nitrogens with one attached hydrogen (secondary N) is 1. The predicted molar refractivity (Wildman–Crippen MR) is 106 cm³/mol. The molecule has 30 heavy (non-hydrogen) atoms. The monoisotopic (exact) mass is 421 g/mol. The zero-order chi connectivity index (χ0) is 21.7. The first kappa shape index (κ1) is 21.6. The van der Waals surface area contributed by atoms with Crippen LogP contribution in [-0.4, -0.2) is 27.8 Å². The van der Waals surface area contributed by atoms with E-state index >= 15 is 0 Å². The largest absolute Gasteiger partial charge is 0.411 e. The molecule has 0 atom stereocenters. The molecule has 0 aliphatic rings. The van der Waals surface area contributed by atoms with Gasteiger partial charge in [0.1, 0.15) is 6.61 Å². The number of carbonyl (C=O) groups is 1. The average molecular weight is 421 g/mol. The van der Waals surface area contributed by atoms with E-state index in [1.165, 1.54) is 0 Å². The van der Waals surface area contributed by atoms with Gasteiger partial charge in [-0.25, -0.2) is 4.79 Å². The van der Waals surface area contributed by atoms with Gasteiger partial charge in [-0.3, -0.25) is 13.9 Å². The highest BCUT2D eigenvalue weighted by Gasteiger charge is 2.27. The van der Waals surface area contributed by atoms with Crippen LogP contribution in [0.25, 0.3) is 11.0 Å². The van der Waals surface area contributed by atoms with E-state index in [0.29, 0.717) is 5.56 Å². The number of hydrogen-bond donors (Lipinski definition) is 1. The van der Waals surface area contributed by atoms with Gasteiger partial charge in [0, 0.05) is 26.6 Å². The number of halogens is 3. The van der Waals surface area contributed by atoms with E-state index in [-0.39, 0.29) is 37.7 Å². The fourth-order valence-corrected chi connectivity index (χ4v) is 3.12. The van der Waals surface area contributed by atoms with Crippen molar-refractivity contribution in [1.29, 1.82) is 0 Å². The van der Waals surface area contributed by atoms with Crippen LogP contribution in [0.15, 0.2) is 53.3 Å². The van der Waals surface area contributed by atoms with Crippen LogP contribution in [0.1, 0.15) is 17.5 Å². The molecule has 0 saturated carbocycles. The minimum atomic E-state index is -4.35. The van der Waals surface area contributed by atoms with Crippen LogP contribution in [0, 0.1) is 0 Å². The van der Waals surface area contributed by atoms with E-state index in [4.69, 9.17) is 0 Å². The molecule has 0 fully saturated rings. The SMILES string of the molecule is Cn1c(=O)n(CCC(=O)NCc2ccc(COCC(F)(F)F)cc2)c2ccccc21. The lowest BCUT2D eigenvalue weighted by atomic mass is 10.1. The maximum atomic E-state index is 12.4. The van der Waals surface area contributed by atoms with Crippen molar-refractivity contribution in [3.63, 3.8) is 0 Å². The van der Waals surface area contributed by atoms with Gasteiger partial charge in [0.05, 0.1) is 17.6 Å². The van der Waals surface area contributed by atoms with Crippen LogP contribution < -0.4 is 11.0 Å². The molecule has 6 nitrogen and oxygen atoms in total. The number of amides is 1. The summed E-state index contributed by atoms with van der Waals surface area (Å²) in [5.41, 5.74) is 2.84. The molecule has 0 aliphatic heterocycles. The Bertz CT molecular complexity index is 1070. The van der Waals surface area contributed by atoms with Crippen molar-refractivity contribution < 1.29 is 22.7 Å². The summed E-state index contributed by atoms with van der Waals surface area (Å²) in [6.07, 6.45) is -4.20.